The molecular formula is C11H15NO3. The van der Waals surface area contributed by atoms with Gasteiger partial charge >= 0.3 is 6.09 Å². The van der Waals surface area contributed by atoms with E-state index < -0.39 is 6.09 Å². The molecule has 0 heterocycles. The number of ether oxygens (including phenoxy) is 1. The van der Waals surface area contributed by atoms with E-state index in [-0.39, 0.29) is 13.2 Å². The van der Waals surface area contributed by atoms with Crippen molar-refractivity contribution in [3.63, 3.8) is 0 Å². The molecule has 82 valence electrons. The summed E-state index contributed by atoms with van der Waals surface area (Å²) in [5.41, 5.74) is 0.954. The van der Waals surface area contributed by atoms with Gasteiger partial charge in [-0.25, -0.2) is 4.79 Å². The third kappa shape index (κ3) is 5.02. The number of hydrogen-bond acceptors (Lipinski definition) is 3. The standard InChI is InChI=1S/C11H15NO3/c13-8-4-7-12-11(14)15-9-10-5-2-1-3-6-10/h1-3,5-6,13H,4,7-9H2,(H,12,14)/i7+1. The van der Waals surface area contributed by atoms with E-state index in [2.05, 4.69) is 5.32 Å². The van der Waals surface area contributed by atoms with E-state index in [1.807, 2.05) is 30.3 Å². The van der Waals surface area contributed by atoms with E-state index in [0.29, 0.717) is 13.0 Å². The molecule has 0 unspecified atom stereocenters. The molecule has 1 rings (SSSR count). The summed E-state index contributed by atoms with van der Waals surface area (Å²) in [4.78, 5) is 11.1. The highest BCUT2D eigenvalue weighted by Crippen LogP contribution is 2.00. The first kappa shape index (κ1) is 11.5. The topological polar surface area (TPSA) is 58.6 Å². The second-order valence-corrected chi connectivity index (χ2v) is 3.07. The summed E-state index contributed by atoms with van der Waals surface area (Å²) < 4.78 is 4.94. The van der Waals surface area contributed by atoms with Gasteiger partial charge in [-0.15, -0.1) is 0 Å². The van der Waals surface area contributed by atoms with Crippen molar-refractivity contribution >= 4 is 6.09 Å². The number of nitrogens with one attached hydrogen (secondary N) is 1. The third-order valence-electron chi connectivity index (χ3n) is 1.82. The van der Waals surface area contributed by atoms with Crippen LogP contribution in [0, 0.1) is 0 Å². The zero-order chi connectivity index (χ0) is 10.9. The molecule has 0 aliphatic rings. The van der Waals surface area contributed by atoms with E-state index in [9.17, 15) is 4.79 Å². The summed E-state index contributed by atoms with van der Waals surface area (Å²) >= 11 is 0. The van der Waals surface area contributed by atoms with Gasteiger partial charge in [0.05, 0.1) is 0 Å². The second-order valence-electron chi connectivity index (χ2n) is 3.07. The van der Waals surface area contributed by atoms with Gasteiger partial charge in [0.15, 0.2) is 0 Å². The fraction of sp³-hybridized carbons (Fsp3) is 0.364. The number of aliphatic hydroxyl groups excluding tert-OH is 1. The first-order valence-corrected chi connectivity index (χ1v) is 4.88. The highest BCUT2D eigenvalue weighted by Gasteiger charge is 2.00. The monoisotopic (exact) mass is 210 g/mol. The van der Waals surface area contributed by atoms with Crippen LogP contribution in [-0.4, -0.2) is 24.4 Å². The van der Waals surface area contributed by atoms with E-state index in [1.165, 1.54) is 0 Å². The van der Waals surface area contributed by atoms with Crippen molar-refractivity contribution in [3.05, 3.63) is 35.9 Å². The number of benzene rings is 1. The minimum Gasteiger partial charge on any atom is -0.445 e. The maximum atomic E-state index is 11.1. The number of carbonyl (C=O) groups is 1. The molecule has 0 aliphatic heterocycles. The third-order valence-corrected chi connectivity index (χ3v) is 1.82. The Hall–Kier alpha value is -1.55. The smallest absolute Gasteiger partial charge is 0.407 e. The van der Waals surface area contributed by atoms with Crippen molar-refractivity contribution in [1.82, 2.24) is 5.32 Å². The van der Waals surface area contributed by atoms with Crippen LogP contribution in [0.25, 0.3) is 0 Å². The summed E-state index contributed by atoms with van der Waals surface area (Å²) in [6.07, 6.45) is 0.0905. The summed E-state index contributed by atoms with van der Waals surface area (Å²) in [7, 11) is 0. The Balaban J connectivity index is 2.17. The van der Waals surface area contributed by atoms with E-state index in [1.54, 1.807) is 0 Å². The average molecular weight is 210 g/mol. The number of rotatable bonds is 5. The SMILES string of the molecule is O=C(N[13CH2]CCO)OCc1ccccc1. The Morgan fingerprint density at radius 3 is 2.73 bits per heavy atom. The van der Waals surface area contributed by atoms with Gasteiger partial charge in [-0.2, -0.15) is 0 Å². The lowest BCUT2D eigenvalue weighted by atomic mass is 10.2. The molecule has 2 N–H and O–H groups in total. The van der Waals surface area contributed by atoms with Crippen LogP contribution in [-0.2, 0) is 11.3 Å². The fourth-order valence-electron chi connectivity index (χ4n) is 1.04. The molecule has 0 aromatic heterocycles. The number of aliphatic hydroxyl groups is 1. The van der Waals surface area contributed by atoms with Crippen LogP contribution in [0.1, 0.15) is 12.0 Å². The molecule has 0 aliphatic carbocycles. The van der Waals surface area contributed by atoms with Crippen LogP contribution >= 0.6 is 0 Å². The molecule has 4 heteroatoms. The van der Waals surface area contributed by atoms with Crippen molar-refractivity contribution in [3.8, 4) is 0 Å². The number of carbonyl (C=O) groups excluding carboxylic acids is 1. The lowest BCUT2D eigenvalue weighted by molar-refractivity contribution is 0.139. The Kier molecular flexibility index (Phi) is 5.25. The van der Waals surface area contributed by atoms with Gasteiger partial charge in [-0.1, -0.05) is 30.3 Å². The molecule has 0 radical (unpaired) electrons. The Morgan fingerprint density at radius 2 is 2.07 bits per heavy atom. The molecule has 0 fully saturated rings. The van der Waals surface area contributed by atoms with Gasteiger partial charge in [0.1, 0.15) is 6.61 Å². The molecular weight excluding hydrogens is 195 g/mol. The highest BCUT2D eigenvalue weighted by atomic mass is 16.5. The number of amides is 1. The number of hydrogen-bond donors (Lipinski definition) is 2. The van der Waals surface area contributed by atoms with Gasteiger partial charge < -0.3 is 15.2 Å². The van der Waals surface area contributed by atoms with Gasteiger partial charge in [-0.05, 0) is 12.0 Å². The van der Waals surface area contributed by atoms with Crippen LogP contribution < -0.4 is 5.32 Å². The van der Waals surface area contributed by atoms with Crippen molar-refractivity contribution in [1.29, 1.82) is 0 Å². The maximum Gasteiger partial charge on any atom is 0.407 e. The molecule has 0 bridgehead atoms. The second kappa shape index (κ2) is 6.84. The molecule has 0 spiro atoms. The van der Waals surface area contributed by atoms with Crippen LogP contribution in [0.4, 0.5) is 4.79 Å². The predicted molar refractivity (Wildman–Crippen MR) is 56.3 cm³/mol. The van der Waals surface area contributed by atoms with Crippen molar-refractivity contribution in [2.45, 2.75) is 13.0 Å². The van der Waals surface area contributed by atoms with E-state index >= 15 is 0 Å². The molecule has 1 amide bonds. The molecule has 0 saturated heterocycles. The Labute approximate surface area is 88.9 Å². The van der Waals surface area contributed by atoms with Crippen molar-refractivity contribution < 1.29 is 14.6 Å². The van der Waals surface area contributed by atoms with Gasteiger partial charge in [0, 0.05) is 13.2 Å². The van der Waals surface area contributed by atoms with Crippen molar-refractivity contribution in [2.24, 2.45) is 0 Å². The van der Waals surface area contributed by atoms with Gasteiger partial charge in [-0.3, -0.25) is 0 Å². The normalized spacial score (nSPS) is 9.67. The van der Waals surface area contributed by atoms with Gasteiger partial charge in [0.2, 0.25) is 0 Å². The summed E-state index contributed by atoms with van der Waals surface area (Å²) in [6.45, 7) is 0.773. The van der Waals surface area contributed by atoms with E-state index in [0.717, 1.165) is 5.56 Å². The fourth-order valence-corrected chi connectivity index (χ4v) is 1.04. The predicted octanol–water partition coefficient (Wildman–Crippen LogP) is 1.30. The first-order chi connectivity index (χ1) is 7.33. The molecule has 4 nitrogen and oxygen atoms in total. The molecule has 0 saturated carbocycles. The quantitative estimate of drug-likeness (QED) is 0.568. The summed E-state index contributed by atoms with van der Waals surface area (Å²) in [5, 5.41) is 11.0. The zero-order valence-electron chi connectivity index (χ0n) is 8.48. The summed E-state index contributed by atoms with van der Waals surface area (Å²) in [5.74, 6) is 0. The van der Waals surface area contributed by atoms with Crippen LogP contribution in [0.2, 0.25) is 0 Å². The lowest BCUT2D eigenvalue weighted by Crippen LogP contribution is -2.25. The van der Waals surface area contributed by atoms with Crippen molar-refractivity contribution in [2.75, 3.05) is 13.2 Å². The highest BCUT2D eigenvalue weighted by molar-refractivity contribution is 5.67. The minimum absolute atomic E-state index is 0.0684. The number of alkyl carbamates (subject to hydrolysis) is 1. The average Bonchev–Trinajstić information content (AvgIpc) is 2.28. The minimum atomic E-state index is -0.452. The Morgan fingerprint density at radius 1 is 1.33 bits per heavy atom. The Bertz CT molecular complexity index is 287. The van der Waals surface area contributed by atoms with Crippen LogP contribution in [0.15, 0.2) is 30.3 Å². The van der Waals surface area contributed by atoms with Crippen LogP contribution in [0.3, 0.4) is 0 Å². The van der Waals surface area contributed by atoms with Crippen LogP contribution in [0.5, 0.6) is 0 Å². The zero-order valence-corrected chi connectivity index (χ0v) is 8.48. The molecule has 0 atom stereocenters. The van der Waals surface area contributed by atoms with Gasteiger partial charge in [0.25, 0.3) is 0 Å². The molecule has 1 aromatic carbocycles. The largest absolute Gasteiger partial charge is 0.445 e. The maximum absolute atomic E-state index is 11.1. The molecule has 1 aromatic rings. The van der Waals surface area contributed by atoms with E-state index in [4.69, 9.17) is 9.84 Å². The lowest BCUT2D eigenvalue weighted by Gasteiger charge is -2.05. The first-order valence-electron chi connectivity index (χ1n) is 4.88. The summed E-state index contributed by atoms with van der Waals surface area (Å²) in [6, 6.07) is 9.47. The molecule has 15 heavy (non-hydrogen) atoms.